The van der Waals surface area contributed by atoms with Crippen LogP contribution in [0.2, 0.25) is 5.02 Å². The van der Waals surface area contributed by atoms with E-state index in [1.807, 2.05) is 25.7 Å². The highest BCUT2D eigenvalue weighted by atomic mass is 35.5. The molecule has 10 nitrogen and oxygen atoms in total. The van der Waals surface area contributed by atoms with Crippen LogP contribution in [0.25, 0.3) is 5.57 Å². The van der Waals surface area contributed by atoms with Crippen molar-refractivity contribution in [2.45, 2.75) is 58.3 Å². The second-order valence-corrected chi connectivity index (χ2v) is 10.5. The van der Waals surface area contributed by atoms with Gasteiger partial charge in [0, 0.05) is 45.0 Å². The summed E-state index contributed by atoms with van der Waals surface area (Å²) in [6, 6.07) is 0.967. The van der Waals surface area contributed by atoms with E-state index in [4.69, 9.17) is 16.6 Å². The number of hydrogen-bond donors (Lipinski definition) is 2. The first kappa shape index (κ1) is 31.7. The predicted molar refractivity (Wildman–Crippen MR) is 163 cm³/mol. The molecule has 1 aliphatic carbocycles. The standard InChI is InChI=1S/C29H37ClFN7O3/c1-6-7-13-37(19(4)15-33-16-39)27(32-5)20-14-21(30)26(24-22(31)9-8-10-23(24)41)36-28(20)38(17-40)29-25(18(2)3)34-11-12-35-29/h6,9,11-12,14,16-19,25,29,41H,1,7-8,10,13,15H2,2-5H3,(H,33,39). The first-order valence-electron chi connectivity index (χ1n) is 13.5. The van der Waals surface area contributed by atoms with Gasteiger partial charge in [-0.1, -0.05) is 31.5 Å². The molecule has 2 heterocycles. The molecule has 12 heteroatoms. The molecule has 3 rings (SSSR count). The monoisotopic (exact) mass is 585 g/mol. The van der Waals surface area contributed by atoms with Crippen molar-refractivity contribution < 1.29 is 19.1 Å². The van der Waals surface area contributed by atoms with E-state index >= 15 is 4.39 Å². The van der Waals surface area contributed by atoms with E-state index in [0.29, 0.717) is 50.2 Å². The average molecular weight is 586 g/mol. The molecule has 41 heavy (non-hydrogen) atoms. The molecule has 3 unspecified atom stereocenters. The van der Waals surface area contributed by atoms with Gasteiger partial charge < -0.3 is 15.3 Å². The van der Waals surface area contributed by atoms with Gasteiger partial charge in [-0.3, -0.25) is 29.5 Å². The summed E-state index contributed by atoms with van der Waals surface area (Å²) in [6.45, 7) is 10.5. The van der Waals surface area contributed by atoms with Gasteiger partial charge in [-0.2, -0.15) is 0 Å². The van der Waals surface area contributed by atoms with Crippen LogP contribution in [0.15, 0.2) is 51.4 Å². The van der Waals surface area contributed by atoms with E-state index in [1.54, 1.807) is 25.4 Å². The zero-order chi connectivity index (χ0) is 30.1. The first-order chi connectivity index (χ1) is 19.7. The number of nitrogens with one attached hydrogen (secondary N) is 1. The molecule has 0 saturated carbocycles. The van der Waals surface area contributed by atoms with Gasteiger partial charge in [-0.15, -0.1) is 6.58 Å². The van der Waals surface area contributed by atoms with Crippen molar-refractivity contribution in [3.05, 3.63) is 52.7 Å². The number of nitrogens with zero attached hydrogens (tertiary/aromatic N) is 6. The van der Waals surface area contributed by atoms with Crippen LogP contribution >= 0.6 is 11.6 Å². The van der Waals surface area contributed by atoms with Crippen LogP contribution < -0.4 is 10.2 Å². The molecular formula is C29H37ClFN7O3. The lowest BCUT2D eigenvalue weighted by Crippen LogP contribution is -2.48. The zero-order valence-corrected chi connectivity index (χ0v) is 24.6. The Morgan fingerprint density at radius 3 is 2.66 bits per heavy atom. The van der Waals surface area contributed by atoms with Crippen LogP contribution in [0, 0.1) is 5.92 Å². The number of anilines is 1. The van der Waals surface area contributed by atoms with Crippen LogP contribution in [0.5, 0.6) is 0 Å². The highest BCUT2D eigenvalue weighted by Crippen LogP contribution is 2.39. The van der Waals surface area contributed by atoms with Crippen molar-refractivity contribution in [2.75, 3.05) is 25.0 Å². The Morgan fingerprint density at radius 1 is 1.32 bits per heavy atom. The molecule has 220 valence electrons. The number of hydrogen-bond acceptors (Lipinski definition) is 7. The second-order valence-electron chi connectivity index (χ2n) is 10.1. The van der Waals surface area contributed by atoms with Crippen LogP contribution in [0.1, 0.15) is 51.3 Å². The maximum absolute atomic E-state index is 15.1. The van der Waals surface area contributed by atoms with Crippen LogP contribution in [0.3, 0.4) is 0 Å². The zero-order valence-electron chi connectivity index (χ0n) is 23.8. The third kappa shape index (κ3) is 7.08. The smallest absolute Gasteiger partial charge is 0.217 e. The molecule has 0 aromatic carbocycles. The van der Waals surface area contributed by atoms with E-state index in [1.165, 1.54) is 17.2 Å². The van der Waals surface area contributed by atoms with Crippen molar-refractivity contribution >= 4 is 54.1 Å². The van der Waals surface area contributed by atoms with Crippen molar-refractivity contribution in [3.8, 4) is 0 Å². The molecular weight excluding hydrogens is 549 g/mol. The van der Waals surface area contributed by atoms with Gasteiger partial charge >= 0.3 is 0 Å². The molecule has 0 saturated heterocycles. The second kappa shape index (κ2) is 14.7. The Balaban J connectivity index is 2.30. The number of allylic oxidation sites excluding steroid dienone is 4. The number of carbonyl (C=O) groups is 2. The summed E-state index contributed by atoms with van der Waals surface area (Å²) >= 11 is 6.74. The van der Waals surface area contributed by atoms with Gasteiger partial charge in [-0.05, 0) is 37.8 Å². The number of halogens is 2. The minimum absolute atomic E-state index is 0.00336. The van der Waals surface area contributed by atoms with Crippen LogP contribution in [0.4, 0.5) is 10.2 Å². The Morgan fingerprint density at radius 2 is 2.05 bits per heavy atom. The lowest BCUT2D eigenvalue weighted by atomic mass is 9.98. The van der Waals surface area contributed by atoms with Gasteiger partial charge in [0.25, 0.3) is 0 Å². The van der Waals surface area contributed by atoms with E-state index in [2.05, 4.69) is 26.9 Å². The third-order valence-corrected chi connectivity index (χ3v) is 7.24. The van der Waals surface area contributed by atoms with Crippen molar-refractivity contribution in [2.24, 2.45) is 20.9 Å². The number of amidine groups is 1. The normalized spacial score (nSPS) is 19.6. The van der Waals surface area contributed by atoms with Crippen molar-refractivity contribution in [3.63, 3.8) is 0 Å². The van der Waals surface area contributed by atoms with E-state index in [-0.39, 0.29) is 52.3 Å². The molecule has 1 aromatic heterocycles. The fourth-order valence-electron chi connectivity index (χ4n) is 4.88. The lowest BCUT2D eigenvalue weighted by molar-refractivity contribution is -0.110. The molecule has 1 aliphatic heterocycles. The Hall–Kier alpha value is -3.86. The molecule has 0 radical (unpaired) electrons. The lowest BCUT2D eigenvalue weighted by Gasteiger charge is -2.36. The average Bonchev–Trinajstić information content (AvgIpc) is 2.95. The summed E-state index contributed by atoms with van der Waals surface area (Å²) in [4.78, 5) is 45.6. The maximum atomic E-state index is 15.1. The van der Waals surface area contributed by atoms with Gasteiger partial charge in [0.15, 0.2) is 6.17 Å². The Bertz CT molecular complexity index is 1290. The Labute approximate surface area is 245 Å². The predicted octanol–water partition coefficient (Wildman–Crippen LogP) is 4.51. The van der Waals surface area contributed by atoms with Gasteiger partial charge in [0.05, 0.1) is 27.9 Å². The Kier molecular flexibility index (Phi) is 11.3. The summed E-state index contributed by atoms with van der Waals surface area (Å²) in [5.41, 5.74) is 0.270. The molecule has 0 fully saturated rings. The van der Waals surface area contributed by atoms with Gasteiger partial charge in [0.2, 0.25) is 12.8 Å². The summed E-state index contributed by atoms with van der Waals surface area (Å²) in [5.74, 6) is -0.235. The van der Waals surface area contributed by atoms with E-state index < -0.39 is 12.0 Å². The minimum Gasteiger partial charge on any atom is -0.511 e. The number of aliphatic hydroxyl groups is 1. The summed E-state index contributed by atoms with van der Waals surface area (Å²) in [7, 11) is 1.60. The number of carbonyl (C=O) groups excluding carboxylic acids is 2. The topological polar surface area (TPSA) is 123 Å². The molecule has 0 bridgehead atoms. The molecule has 2 aliphatic rings. The quantitative estimate of drug-likeness (QED) is 0.153. The third-order valence-electron chi connectivity index (χ3n) is 6.95. The molecule has 0 spiro atoms. The fourth-order valence-corrected chi connectivity index (χ4v) is 5.13. The number of aliphatic hydroxyl groups excluding tert-OH is 1. The summed E-state index contributed by atoms with van der Waals surface area (Å²) < 4.78 is 15.1. The number of rotatable bonds is 13. The highest BCUT2D eigenvalue weighted by Gasteiger charge is 2.35. The SMILES string of the molecule is C=CCCN(C(=NC)c1cc(Cl)c(C2=C(O)CCC=C2F)nc1N(C=O)C1N=CC=NC1C(C)C)C(C)CNC=O. The highest BCUT2D eigenvalue weighted by molar-refractivity contribution is 6.33. The summed E-state index contributed by atoms with van der Waals surface area (Å²) in [5, 5.41) is 13.4. The molecule has 2 N–H and O–H groups in total. The van der Waals surface area contributed by atoms with Crippen molar-refractivity contribution in [1.29, 1.82) is 0 Å². The van der Waals surface area contributed by atoms with E-state index in [0.717, 1.165) is 0 Å². The number of aromatic nitrogens is 1. The van der Waals surface area contributed by atoms with Gasteiger partial charge in [-0.25, -0.2) is 9.37 Å². The molecule has 2 amide bonds. The largest absolute Gasteiger partial charge is 0.511 e. The number of amides is 2. The fraction of sp³-hybridized carbons (Fsp3) is 0.448. The van der Waals surface area contributed by atoms with E-state index in [9.17, 15) is 14.7 Å². The van der Waals surface area contributed by atoms with Crippen molar-refractivity contribution in [1.82, 2.24) is 15.2 Å². The minimum atomic E-state index is -0.749. The first-order valence-corrected chi connectivity index (χ1v) is 13.9. The number of pyridine rings is 1. The van der Waals surface area contributed by atoms with Gasteiger partial charge in [0.1, 0.15) is 23.2 Å². The van der Waals surface area contributed by atoms with Crippen LogP contribution in [-0.2, 0) is 9.59 Å². The number of aliphatic imine (C=N–C) groups is 3. The maximum Gasteiger partial charge on any atom is 0.217 e. The summed E-state index contributed by atoms with van der Waals surface area (Å²) in [6.07, 6.45) is 7.90. The van der Waals surface area contributed by atoms with Crippen LogP contribution in [-0.4, -0.2) is 84.5 Å². The molecule has 1 aromatic rings. The molecule has 3 atom stereocenters.